The lowest BCUT2D eigenvalue weighted by atomic mass is 9.95. The topological polar surface area (TPSA) is 43.1 Å². The molecule has 0 fully saturated rings. The maximum absolute atomic E-state index is 13.4. The molecule has 0 saturated heterocycles. The van der Waals surface area contributed by atoms with E-state index in [0.717, 1.165) is 12.8 Å². The number of carbonyl (C=O) groups excluding carboxylic acids is 1. The molecule has 1 unspecified atom stereocenters. The van der Waals surface area contributed by atoms with E-state index in [-0.39, 0.29) is 23.9 Å². The molecule has 0 aliphatic carbocycles. The summed E-state index contributed by atoms with van der Waals surface area (Å²) in [6.07, 6.45) is 1.65. The van der Waals surface area contributed by atoms with Crippen LogP contribution >= 0.6 is 11.6 Å². The van der Waals surface area contributed by atoms with E-state index in [9.17, 15) is 9.18 Å². The first kappa shape index (κ1) is 14.1. The largest absolute Gasteiger partial charge is 0.330 e. The molecule has 0 heterocycles. The van der Waals surface area contributed by atoms with Crippen LogP contribution in [0.2, 0.25) is 5.02 Å². The van der Waals surface area contributed by atoms with Crippen molar-refractivity contribution in [3.05, 3.63) is 34.6 Å². The number of hydrogen-bond acceptors (Lipinski definition) is 2. The average Bonchev–Trinajstić information content (AvgIpc) is 2.30. The van der Waals surface area contributed by atoms with Crippen LogP contribution in [0, 0.1) is 11.7 Å². The van der Waals surface area contributed by atoms with Crippen molar-refractivity contribution in [2.24, 2.45) is 11.7 Å². The molecule has 17 heavy (non-hydrogen) atoms. The van der Waals surface area contributed by atoms with Crippen molar-refractivity contribution in [3.63, 3.8) is 0 Å². The van der Waals surface area contributed by atoms with Gasteiger partial charge < -0.3 is 5.73 Å². The molecule has 0 aromatic heterocycles. The van der Waals surface area contributed by atoms with E-state index in [1.54, 1.807) is 0 Å². The van der Waals surface area contributed by atoms with Crippen LogP contribution in [0.4, 0.5) is 4.39 Å². The van der Waals surface area contributed by atoms with E-state index >= 15 is 0 Å². The van der Waals surface area contributed by atoms with E-state index in [1.807, 2.05) is 6.92 Å². The fourth-order valence-electron chi connectivity index (χ4n) is 1.63. The predicted molar refractivity (Wildman–Crippen MR) is 67.6 cm³/mol. The minimum absolute atomic E-state index is 0.0274. The van der Waals surface area contributed by atoms with Crippen LogP contribution < -0.4 is 5.73 Å². The lowest BCUT2D eigenvalue weighted by Gasteiger charge is -2.10. The zero-order valence-electron chi connectivity index (χ0n) is 9.88. The van der Waals surface area contributed by atoms with Gasteiger partial charge in [-0.1, -0.05) is 18.5 Å². The second kappa shape index (κ2) is 6.72. The lowest BCUT2D eigenvalue weighted by molar-refractivity contribution is -0.121. The quantitative estimate of drug-likeness (QED) is 0.851. The average molecular weight is 258 g/mol. The van der Waals surface area contributed by atoms with Gasteiger partial charge in [-0.3, -0.25) is 4.79 Å². The summed E-state index contributed by atoms with van der Waals surface area (Å²) in [5, 5.41) is 0.448. The Morgan fingerprint density at radius 2 is 2.24 bits per heavy atom. The Morgan fingerprint density at radius 3 is 2.88 bits per heavy atom. The summed E-state index contributed by atoms with van der Waals surface area (Å²) >= 11 is 5.77. The molecule has 4 heteroatoms. The highest BCUT2D eigenvalue weighted by Gasteiger charge is 2.15. The van der Waals surface area contributed by atoms with Crippen molar-refractivity contribution < 1.29 is 9.18 Å². The Labute approximate surface area is 106 Å². The Kier molecular flexibility index (Phi) is 5.59. The van der Waals surface area contributed by atoms with Crippen LogP contribution in [0.3, 0.4) is 0 Å². The van der Waals surface area contributed by atoms with Crippen molar-refractivity contribution >= 4 is 17.4 Å². The van der Waals surface area contributed by atoms with Crippen LogP contribution in [0.15, 0.2) is 18.2 Å². The van der Waals surface area contributed by atoms with E-state index in [2.05, 4.69) is 0 Å². The highest BCUT2D eigenvalue weighted by Crippen LogP contribution is 2.18. The standard InChI is InChI=1S/C13H17ClFNO/c1-9(3-2-6-16)13(17)8-10-7-11(14)4-5-12(10)15/h4-5,7,9H,2-3,6,8,16H2,1H3. The van der Waals surface area contributed by atoms with E-state index < -0.39 is 0 Å². The summed E-state index contributed by atoms with van der Waals surface area (Å²) in [7, 11) is 0. The third-order valence-electron chi connectivity index (χ3n) is 2.76. The van der Waals surface area contributed by atoms with Gasteiger partial charge in [-0.05, 0) is 43.1 Å². The molecule has 0 spiro atoms. The first-order valence-electron chi connectivity index (χ1n) is 5.71. The molecule has 94 valence electrons. The highest BCUT2D eigenvalue weighted by atomic mass is 35.5. The van der Waals surface area contributed by atoms with Gasteiger partial charge in [-0.25, -0.2) is 4.39 Å². The van der Waals surface area contributed by atoms with Gasteiger partial charge in [-0.15, -0.1) is 0 Å². The fourth-order valence-corrected chi connectivity index (χ4v) is 1.82. The summed E-state index contributed by atoms with van der Waals surface area (Å²) in [5.74, 6) is -0.440. The Bertz CT molecular complexity index is 395. The lowest BCUT2D eigenvalue weighted by Crippen LogP contribution is -2.16. The van der Waals surface area contributed by atoms with Gasteiger partial charge in [0.25, 0.3) is 0 Å². The van der Waals surface area contributed by atoms with Gasteiger partial charge in [0, 0.05) is 17.4 Å². The summed E-state index contributed by atoms with van der Waals surface area (Å²) in [4.78, 5) is 11.8. The van der Waals surface area contributed by atoms with Crippen LogP contribution in [-0.4, -0.2) is 12.3 Å². The minimum atomic E-state index is -0.381. The second-order valence-corrected chi connectivity index (χ2v) is 4.65. The van der Waals surface area contributed by atoms with E-state index in [4.69, 9.17) is 17.3 Å². The van der Waals surface area contributed by atoms with Gasteiger partial charge >= 0.3 is 0 Å². The molecular formula is C13H17ClFNO. The van der Waals surface area contributed by atoms with E-state index in [1.165, 1.54) is 18.2 Å². The molecule has 2 nitrogen and oxygen atoms in total. The minimum Gasteiger partial charge on any atom is -0.330 e. The number of rotatable bonds is 6. The molecule has 0 radical (unpaired) electrons. The zero-order chi connectivity index (χ0) is 12.8. The first-order chi connectivity index (χ1) is 8.04. The van der Waals surface area contributed by atoms with Gasteiger partial charge in [0.15, 0.2) is 0 Å². The first-order valence-corrected chi connectivity index (χ1v) is 6.09. The van der Waals surface area contributed by atoms with Gasteiger partial charge in [-0.2, -0.15) is 0 Å². The number of benzene rings is 1. The highest BCUT2D eigenvalue weighted by molar-refractivity contribution is 6.30. The number of nitrogens with two attached hydrogens (primary N) is 1. The Hall–Kier alpha value is -0.930. The Morgan fingerprint density at radius 1 is 1.53 bits per heavy atom. The number of halogens is 2. The fraction of sp³-hybridized carbons (Fsp3) is 0.462. The molecule has 0 bridgehead atoms. The molecule has 1 atom stereocenters. The summed E-state index contributed by atoms with van der Waals surface area (Å²) in [5.41, 5.74) is 5.75. The number of ketones is 1. The molecule has 0 saturated carbocycles. The SMILES string of the molecule is CC(CCCN)C(=O)Cc1cc(Cl)ccc1F. The van der Waals surface area contributed by atoms with Crippen molar-refractivity contribution in [3.8, 4) is 0 Å². The van der Waals surface area contributed by atoms with Gasteiger partial charge in [0.05, 0.1) is 0 Å². The summed E-state index contributed by atoms with van der Waals surface area (Å²) in [6.45, 7) is 2.42. The van der Waals surface area contributed by atoms with Crippen molar-refractivity contribution in [1.29, 1.82) is 0 Å². The van der Waals surface area contributed by atoms with Crippen molar-refractivity contribution in [1.82, 2.24) is 0 Å². The van der Waals surface area contributed by atoms with Crippen LogP contribution in [-0.2, 0) is 11.2 Å². The van der Waals surface area contributed by atoms with Gasteiger partial charge in [0.1, 0.15) is 11.6 Å². The molecule has 0 aliphatic rings. The van der Waals surface area contributed by atoms with Crippen molar-refractivity contribution in [2.45, 2.75) is 26.2 Å². The molecular weight excluding hydrogens is 241 g/mol. The third kappa shape index (κ3) is 4.44. The number of hydrogen-bond donors (Lipinski definition) is 1. The van der Waals surface area contributed by atoms with Gasteiger partial charge in [0.2, 0.25) is 0 Å². The van der Waals surface area contributed by atoms with Crippen molar-refractivity contribution in [2.75, 3.05) is 6.54 Å². The maximum atomic E-state index is 13.4. The molecule has 1 rings (SSSR count). The van der Waals surface area contributed by atoms with Crippen LogP contribution in [0.1, 0.15) is 25.3 Å². The molecule has 1 aromatic rings. The van der Waals surface area contributed by atoms with E-state index in [0.29, 0.717) is 17.1 Å². The molecule has 1 aromatic carbocycles. The monoisotopic (exact) mass is 257 g/mol. The Balaban J connectivity index is 2.64. The molecule has 0 amide bonds. The normalized spacial score (nSPS) is 12.5. The third-order valence-corrected chi connectivity index (χ3v) is 3.00. The number of carbonyl (C=O) groups is 1. The molecule has 2 N–H and O–H groups in total. The smallest absolute Gasteiger partial charge is 0.140 e. The zero-order valence-corrected chi connectivity index (χ0v) is 10.6. The maximum Gasteiger partial charge on any atom is 0.140 e. The molecule has 0 aliphatic heterocycles. The summed E-state index contributed by atoms with van der Waals surface area (Å²) < 4.78 is 13.4. The second-order valence-electron chi connectivity index (χ2n) is 4.21. The predicted octanol–water partition coefficient (Wildman–Crippen LogP) is 2.97. The van der Waals surface area contributed by atoms with Crippen LogP contribution in [0.25, 0.3) is 0 Å². The summed E-state index contributed by atoms with van der Waals surface area (Å²) in [6, 6.07) is 4.27. The van der Waals surface area contributed by atoms with Crippen LogP contribution in [0.5, 0.6) is 0 Å². The number of Topliss-reactive ketones (excluding diaryl/α,β-unsaturated/α-hetero) is 1.